The van der Waals surface area contributed by atoms with Gasteiger partial charge in [-0.2, -0.15) is 5.10 Å². The van der Waals surface area contributed by atoms with Gasteiger partial charge in [-0.1, -0.05) is 42.5 Å². The van der Waals surface area contributed by atoms with E-state index >= 15 is 0 Å². The normalized spacial score (nSPS) is 20.8. The first-order valence-corrected chi connectivity index (χ1v) is 16.1. The number of carboxylic acid groups (broad SMARTS) is 1. The highest BCUT2D eigenvalue weighted by molar-refractivity contribution is 7.99. The maximum Gasteiger partial charge on any atom is 0.329 e. The first kappa shape index (κ1) is 30.6. The van der Waals surface area contributed by atoms with Gasteiger partial charge in [0.05, 0.1) is 26.0 Å². The van der Waals surface area contributed by atoms with Gasteiger partial charge in [0.2, 0.25) is 0 Å². The van der Waals surface area contributed by atoms with Gasteiger partial charge in [0.25, 0.3) is 0 Å². The maximum atomic E-state index is 10.8. The Bertz CT molecular complexity index is 1270. The Morgan fingerprint density at radius 2 is 1.81 bits per heavy atom. The molecule has 0 radical (unpaired) electrons. The third-order valence-corrected chi connectivity index (χ3v) is 9.00. The van der Waals surface area contributed by atoms with Crippen molar-refractivity contribution < 1.29 is 28.8 Å². The van der Waals surface area contributed by atoms with E-state index < -0.39 is 5.97 Å². The summed E-state index contributed by atoms with van der Waals surface area (Å²) in [7, 11) is 1.70. The highest BCUT2D eigenvalue weighted by atomic mass is 32.2. The van der Waals surface area contributed by atoms with Crippen molar-refractivity contribution in [2.75, 3.05) is 39.3 Å². The summed E-state index contributed by atoms with van der Waals surface area (Å²) in [6, 6.07) is 18.7. The van der Waals surface area contributed by atoms with Gasteiger partial charge in [-0.25, -0.2) is 4.79 Å². The summed E-state index contributed by atoms with van der Waals surface area (Å²) in [4.78, 5) is 10.8. The molecule has 2 fully saturated rings. The first-order chi connectivity index (χ1) is 20.6. The van der Waals surface area contributed by atoms with E-state index in [-0.39, 0.29) is 12.9 Å². The lowest BCUT2D eigenvalue weighted by molar-refractivity contribution is -0.158. The van der Waals surface area contributed by atoms with E-state index in [0.717, 1.165) is 97.0 Å². The number of thioether (sulfide) groups is 1. The quantitative estimate of drug-likeness (QED) is 0.162. The van der Waals surface area contributed by atoms with Crippen LogP contribution in [0.15, 0.2) is 59.6 Å². The van der Waals surface area contributed by atoms with Crippen molar-refractivity contribution in [3.63, 3.8) is 0 Å². The van der Waals surface area contributed by atoms with Gasteiger partial charge in [0, 0.05) is 30.0 Å². The standard InChI is InChI=1S/C33H42N2O6S/c1-38-28-11-7-10-27(20-28)31-32(26-8-3-2-4-9-26)35(21-24-13-15-25(16-14-24)22-39-23-29(36)37)34-33(31)42-19-18-41-30-12-5-6-17-40-30/h2-4,7-11,20,24-25,30H,5-6,12-19,21-23H2,1H3,(H,36,37)/t24-,25-,30?. The van der Waals surface area contributed by atoms with Crippen LogP contribution < -0.4 is 4.74 Å². The fourth-order valence-electron chi connectivity index (χ4n) is 5.90. The zero-order valence-corrected chi connectivity index (χ0v) is 25.2. The fraction of sp³-hybridized carbons (Fsp3) is 0.515. The van der Waals surface area contributed by atoms with Crippen molar-refractivity contribution in [2.45, 2.75) is 62.8 Å². The average Bonchev–Trinajstić information content (AvgIpc) is 3.38. The predicted molar refractivity (Wildman–Crippen MR) is 164 cm³/mol. The Hall–Kier alpha value is -2.85. The second-order valence-corrected chi connectivity index (χ2v) is 12.2. The SMILES string of the molecule is COc1cccc(-c2c(SCCOC3CCCCO3)nn(C[C@H]3CC[C@H](COCC(=O)O)CC3)c2-c2ccccc2)c1. The van der Waals surface area contributed by atoms with E-state index in [2.05, 4.69) is 41.1 Å². The minimum atomic E-state index is -0.912. The largest absolute Gasteiger partial charge is 0.497 e. The molecule has 1 saturated carbocycles. The molecule has 42 heavy (non-hydrogen) atoms. The molecule has 1 saturated heterocycles. The Labute approximate surface area is 252 Å². The molecule has 2 aromatic carbocycles. The van der Waals surface area contributed by atoms with Crippen molar-refractivity contribution in [2.24, 2.45) is 11.8 Å². The van der Waals surface area contributed by atoms with Crippen LogP contribution in [0.5, 0.6) is 5.75 Å². The molecule has 3 aromatic rings. The molecule has 9 heteroatoms. The highest BCUT2D eigenvalue weighted by Crippen LogP contribution is 2.42. The summed E-state index contributed by atoms with van der Waals surface area (Å²) >= 11 is 1.73. The number of nitrogens with zero attached hydrogens (tertiary/aromatic N) is 2. The Morgan fingerprint density at radius 1 is 1.02 bits per heavy atom. The molecule has 2 aliphatic rings. The third kappa shape index (κ3) is 8.37. The van der Waals surface area contributed by atoms with Crippen LogP contribution in [0.1, 0.15) is 44.9 Å². The summed E-state index contributed by atoms with van der Waals surface area (Å²) in [6.45, 7) is 2.51. The lowest BCUT2D eigenvalue weighted by Gasteiger charge is -2.28. The molecule has 1 aliphatic heterocycles. The molecule has 0 spiro atoms. The molecule has 1 atom stereocenters. The maximum absolute atomic E-state index is 10.8. The summed E-state index contributed by atoms with van der Waals surface area (Å²) in [5.41, 5.74) is 4.46. The Kier molecular flexibility index (Phi) is 11.3. The number of carbonyl (C=O) groups is 1. The van der Waals surface area contributed by atoms with Gasteiger partial charge in [-0.15, -0.1) is 11.8 Å². The second-order valence-electron chi connectivity index (χ2n) is 11.1. The highest BCUT2D eigenvalue weighted by Gasteiger charge is 2.27. The van der Waals surface area contributed by atoms with Crippen LogP contribution in [0.25, 0.3) is 22.4 Å². The van der Waals surface area contributed by atoms with E-state index in [9.17, 15) is 4.79 Å². The fourth-order valence-corrected chi connectivity index (χ4v) is 6.79. The van der Waals surface area contributed by atoms with Crippen LogP contribution in [0, 0.1) is 11.8 Å². The zero-order chi connectivity index (χ0) is 29.1. The molecule has 5 rings (SSSR count). The summed E-state index contributed by atoms with van der Waals surface area (Å²) < 4.78 is 25.0. The summed E-state index contributed by atoms with van der Waals surface area (Å²) in [6.07, 6.45) is 7.34. The predicted octanol–water partition coefficient (Wildman–Crippen LogP) is 6.77. The molecule has 1 N–H and O–H groups in total. The van der Waals surface area contributed by atoms with Gasteiger partial charge in [-0.05, 0) is 74.5 Å². The smallest absolute Gasteiger partial charge is 0.329 e. The number of carboxylic acids is 1. The van der Waals surface area contributed by atoms with Crippen LogP contribution in [0.2, 0.25) is 0 Å². The van der Waals surface area contributed by atoms with Gasteiger partial charge in [0.1, 0.15) is 17.4 Å². The number of hydrogen-bond acceptors (Lipinski definition) is 7. The first-order valence-electron chi connectivity index (χ1n) is 15.1. The van der Waals surface area contributed by atoms with Crippen molar-refractivity contribution >= 4 is 17.7 Å². The lowest BCUT2D eigenvalue weighted by Crippen LogP contribution is -2.23. The molecule has 1 aromatic heterocycles. The van der Waals surface area contributed by atoms with E-state index in [0.29, 0.717) is 25.0 Å². The molecule has 2 heterocycles. The molecule has 0 amide bonds. The summed E-state index contributed by atoms with van der Waals surface area (Å²) in [5, 5.41) is 15.1. The number of methoxy groups -OCH3 is 1. The molecule has 226 valence electrons. The van der Waals surface area contributed by atoms with Crippen molar-refractivity contribution in [3.8, 4) is 28.1 Å². The third-order valence-electron chi connectivity index (χ3n) is 8.07. The Balaban J connectivity index is 1.38. The van der Waals surface area contributed by atoms with Crippen LogP contribution in [0.4, 0.5) is 0 Å². The van der Waals surface area contributed by atoms with Crippen LogP contribution in [-0.2, 0) is 25.5 Å². The number of aromatic nitrogens is 2. The monoisotopic (exact) mass is 594 g/mol. The second kappa shape index (κ2) is 15.6. The van der Waals surface area contributed by atoms with E-state index in [1.54, 1.807) is 18.9 Å². The number of benzene rings is 2. The van der Waals surface area contributed by atoms with Gasteiger partial charge < -0.3 is 24.1 Å². The van der Waals surface area contributed by atoms with Crippen LogP contribution in [-0.4, -0.2) is 66.4 Å². The topological polar surface area (TPSA) is 92.0 Å². The van der Waals surface area contributed by atoms with Gasteiger partial charge in [-0.3, -0.25) is 4.68 Å². The lowest BCUT2D eigenvalue weighted by atomic mass is 9.82. The molecular formula is C33H42N2O6S. The molecule has 1 aliphatic carbocycles. The Morgan fingerprint density at radius 3 is 2.55 bits per heavy atom. The number of rotatable bonds is 14. The van der Waals surface area contributed by atoms with Gasteiger partial charge >= 0.3 is 5.97 Å². The number of ether oxygens (including phenoxy) is 4. The van der Waals surface area contributed by atoms with E-state index in [1.165, 1.54) is 0 Å². The molecule has 0 bridgehead atoms. The van der Waals surface area contributed by atoms with Crippen molar-refractivity contribution in [1.29, 1.82) is 0 Å². The average molecular weight is 595 g/mol. The summed E-state index contributed by atoms with van der Waals surface area (Å²) in [5.74, 6) is 1.59. The minimum absolute atomic E-state index is 0.0979. The van der Waals surface area contributed by atoms with Crippen molar-refractivity contribution in [1.82, 2.24) is 9.78 Å². The zero-order valence-electron chi connectivity index (χ0n) is 24.4. The van der Waals surface area contributed by atoms with E-state index in [1.807, 2.05) is 18.2 Å². The van der Waals surface area contributed by atoms with Gasteiger partial charge in [0.15, 0.2) is 6.29 Å². The molecule has 1 unspecified atom stereocenters. The minimum Gasteiger partial charge on any atom is -0.497 e. The number of aliphatic carboxylic acids is 1. The number of hydrogen-bond donors (Lipinski definition) is 1. The van der Waals surface area contributed by atoms with Crippen LogP contribution in [0.3, 0.4) is 0 Å². The van der Waals surface area contributed by atoms with E-state index in [4.69, 9.17) is 29.2 Å². The molecule has 8 nitrogen and oxygen atoms in total. The molecular weight excluding hydrogens is 552 g/mol. The van der Waals surface area contributed by atoms with Crippen LogP contribution >= 0.6 is 11.8 Å². The van der Waals surface area contributed by atoms with Crippen molar-refractivity contribution in [3.05, 3.63) is 54.6 Å².